The molecule has 0 atom stereocenters. The molecule has 0 bridgehead atoms. The van der Waals surface area contributed by atoms with Crippen molar-refractivity contribution >= 4 is 28.1 Å². The van der Waals surface area contributed by atoms with E-state index in [1.54, 1.807) is 0 Å². The van der Waals surface area contributed by atoms with E-state index in [2.05, 4.69) is 26.1 Å². The maximum atomic E-state index is 12.5. The Bertz CT molecular complexity index is 509. The second kappa shape index (κ2) is 5.25. The van der Waals surface area contributed by atoms with Crippen molar-refractivity contribution in [3.63, 3.8) is 0 Å². The van der Waals surface area contributed by atoms with Crippen LogP contribution in [0.15, 0.2) is 26.8 Å². The van der Waals surface area contributed by atoms with Gasteiger partial charge in [-0.3, -0.25) is 0 Å². The van der Waals surface area contributed by atoms with Crippen LogP contribution in [-0.4, -0.2) is 17.3 Å². The van der Waals surface area contributed by atoms with Crippen LogP contribution >= 0.6 is 15.9 Å². The van der Waals surface area contributed by atoms with Gasteiger partial charge in [-0.2, -0.15) is 18.3 Å². The van der Waals surface area contributed by atoms with Crippen LogP contribution in [0.3, 0.4) is 0 Å². The highest BCUT2D eigenvalue weighted by Gasteiger charge is 2.31. The van der Waals surface area contributed by atoms with Crippen LogP contribution in [0.5, 0.6) is 5.75 Å². The lowest BCUT2D eigenvalue weighted by Gasteiger charge is -2.09. The Labute approximate surface area is 108 Å². The van der Waals surface area contributed by atoms with Crippen molar-refractivity contribution in [1.29, 1.82) is 0 Å². The number of aromatic hydroxyl groups is 1. The first-order chi connectivity index (χ1) is 8.21. The number of phenols is 1. The van der Waals surface area contributed by atoms with Gasteiger partial charge in [-0.25, -0.2) is 0 Å². The molecular formula is C9H8BrF3N4O. The Balaban J connectivity index is 3.23. The maximum Gasteiger partial charge on any atom is 0.416 e. The second-order valence-corrected chi connectivity index (χ2v) is 4.02. The molecular weight excluding hydrogens is 317 g/mol. The minimum Gasteiger partial charge on any atom is -0.506 e. The molecule has 18 heavy (non-hydrogen) atoms. The average Bonchev–Trinajstić information content (AvgIpc) is 2.22. The average molecular weight is 325 g/mol. The van der Waals surface area contributed by atoms with Gasteiger partial charge in [0, 0.05) is 5.56 Å². The molecule has 0 aliphatic heterocycles. The number of benzene rings is 1. The lowest BCUT2D eigenvalue weighted by atomic mass is 10.1. The first kappa shape index (κ1) is 14.3. The lowest BCUT2D eigenvalue weighted by Crippen LogP contribution is -2.21. The summed E-state index contributed by atoms with van der Waals surface area (Å²) in [6.07, 6.45) is -3.62. The Kier molecular flexibility index (Phi) is 4.17. The van der Waals surface area contributed by atoms with Crippen LogP contribution < -0.4 is 11.5 Å². The topological polar surface area (TPSA) is 97.0 Å². The van der Waals surface area contributed by atoms with Crippen LogP contribution in [0.1, 0.15) is 11.1 Å². The minimum absolute atomic E-state index is 0.108. The smallest absolute Gasteiger partial charge is 0.416 e. The van der Waals surface area contributed by atoms with E-state index < -0.39 is 17.5 Å². The molecule has 1 aromatic carbocycles. The van der Waals surface area contributed by atoms with Gasteiger partial charge in [-0.15, -0.1) is 5.10 Å². The molecule has 1 rings (SSSR count). The van der Waals surface area contributed by atoms with Gasteiger partial charge in [0.25, 0.3) is 0 Å². The van der Waals surface area contributed by atoms with Crippen molar-refractivity contribution in [3.05, 3.63) is 27.7 Å². The predicted octanol–water partition coefficient (Wildman–Crippen LogP) is 1.78. The van der Waals surface area contributed by atoms with Gasteiger partial charge in [0.2, 0.25) is 5.96 Å². The standard InChI is InChI=1S/C9H8BrF3N4O/c10-6-2-5(9(11,12)13)1-4(7(6)18)3-16-17-8(14)15/h1-3,18H,(H4,14,15,17). The molecule has 9 heteroatoms. The molecule has 0 unspecified atom stereocenters. The highest BCUT2D eigenvalue weighted by molar-refractivity contribution is 9.10. The van der Waals surface area contributed by atoms with E-state index in [0.717, 1.165) is 18.3 Å². The molecule has 0 radical (unpaired) electrons. The number of nitrogens with two attached hydrogens (primary N) is 2. The molecule has 0 saturated carbocycles. The third-order valence-corrected chi connectivity index (χ3v) is 2.39. The van der Waals surface area contributed by atoms with E-state index in [0.29, 0.717) is 0 Å². The summed E-state index contributed by atoms with van der Waals surface area (Å²) in [7, 11) is 0. The summed E-state index contributed by atoms with van der Waals surface area (Å²) in [5, 5.41) is 16.1. The summed E-state index contributed by atoms with van der Waals surface area (Å²) in [5.74, 6) is -0.741. The molecule has 5 nitrogen and oxygen atoms in total. The number of halogens is 4. The molecule has 0 amide bonds. The Morgan fingerprint density at radius 2 is 1.94 bits per heavy atom. The van der Waals surface area contributed by atoms with Crippen molar-refractivity contribution in [2.45, 2.75) is 6.18 Å². The van der Waals surface area contributed by atoms with Gasteiger partial charge < -0.3 is 16.6 Å². The molecule has 0 spiro atoms. The zero-order valence-corrected chi connectivity index (χ0v) is 10.3. The van der Waals surface area contributed by atoms with Crippen molar-refractivity contribution in [3.8, 4) is 5.75 Å². The molecule has 0 saturated heterocycles. The number of phenolic OH excluding ortho intramolecular Hbond substituents is 1. The molecule has 0 aliphatic carbocycles. The van der Waals surface area contributed by atoms with Crippen molar-refractivity contribution in [2.24, 2.45) is 21.7 Å². The monoisotopic (exact) mass is 324 g/mol. The molecule has 5 N–H and O–H groups in total. The highest BCUT2D eigenvalue weighted by Crippen LogP contribution is 2.36. The van der Waals surface area contributed by atoms with E-state index in [-0.39, 0.29) is 16.0 Å². The minimum atomic E-state index is -4.53. The summed E-state index contributed by atoms with van der Waals surface area (Å²) in [6.45, 7) is 0. The second-order valence-electron chi connectivity index (χ2n) is 3.16. The number of rotatable bonds is 2. The Hall–Kier alpha value is -1.77. The summed E-state index contributed by atoms with van der Waals surface area (Å²) in [6, 6.07) is 1.49. The first-order valence-corrected chi connectivity index (χ1v) is 5.23. The van der Waals surface area contributed by atoms with Gasteiger partial charge in [-0.05, 0) is 28.1 Å². The molecule has 0 aromatic heterocycles. The van der Waals surface area contributed by atoms with Crippen LogP contribution in [0.25, 0.3) is 0 Å². The molecule has 1 aromatic rings. The zero-order valence-electron chi connectivity index (χ0n) is 8.74. The van der Waals surface area contributed by atoms with Gasteiger partial charge in [-0.1, -0.05) is 0 Å². The van der Waals surface area contributed by atoms with Gasteiger partial charge in [0.05, 0.1) is 16.3 Å². The Morgan fingerprint density at radius 3 is 2.44 bits per heavy atom. The molecule has 98 valence electrons. The van der Waals surface area contributed by atoms with Crippen LogP contribution in [0.2, 0.25) is 0 Å². The highest BCUT2D eigenvalue weighted by atomic mass is 79.9. The summed E-state index contributed by atoms with van der Waals surface area (Å²) < 4.78 is 37.4. The maximum absolute atomic E-state index is 12.5. The predicted molar refractivity (Wildman–Crippen MR) is 64.2 cm³/mol. The van der Waals surface area contributed by atoms with Crippen molar-refractivity contribution < 1.29 is 18.3 Å². The fourth-order valence-corrected chi connectivity index (χ4v) is 1.52. The van der Waals surface area contributed by atoms with E-state index in [9.17, 15) is 18.3 Å². The molecule has 0 fully saturated rings. The largest absolute Gasteiger partial charge is 0.506 e. The lowest BCUT2D eigenvalue weighted by molar-refractivity contribution is -0.137. The van der Waals surface area contributed by atoms with Crippen LogP contribution in [-0.2, 0) is 6.18 Å². The van der Waals surface area contributed by atoms with E-state index in [1.165, 1.54) is 0 Å². The van der Waals surface area contributed by atoms with Crippen molar-refractivity contribution in [1.82, 2.24) is 0 Å². The quantitative estimate of drug-likeness (QED) is 0.439. The van der Waals surface area contributed by atoms with E-state index in [4.69, 9.17) is 11.5 Å². The summed E-state index contributed by atoms with van der Waals surface area (Å²) in [5.41, 5.74) is 8.87. The first-order valence-electron chi connectivity index (χ1n) is 4.43. The van der Waals surface area contributed by atoms with Crippen molar-refractivity contribution in [2.75, 3.05) is 0 Å². The fraction of sp³-hybridized carbons (Fsp3) is 0.111. The van der Waals surface area contributed by atoms with Gasteiger partial charge in [0.15, 0.2) is 0 Å². The van der Waals surface area contributed by atoms with Crippen LogP contribution in [0.4, 0.5) is 13.2 Å². The number of hydrogen-bond acceptors (Lipinski definition) is 3. The number of alkyl halides is 3. The normalized spacial score (nSPS) is 11.8. The number of nitrogens with zero attached hydrogens (tertiary/aromatic N) is 2. The summed E-state index contributed by atoms with van der Waals surface area (Å²) in [4.78, 5) is 0. The van der Waals surface area contributed by atoms with E-state index in [1.807, 2.05) is 0 Å². The summed E-state index contributed by atoms with van der Waals surface area (Å²) >= 11 is 2.81. The van der Waals surface area contributed by atoms with Gasteiger partial charge >= 0.3 is 6.18 Å². The number of hydrogen-bond donors (Lipinski definition) is 3. The fourth-order valence-electron chi connectivity index (χ4n) is 1.04. The zero-order chi connectivity index (χ0) is 13.9. The van der Waals surface area contributed by atoms with E-state index >= 15 is 0 Å². The van der Waals surface area contributed by atoms with Crippen LogP contribution in [0, 0.1) is 0 Å². The van der Waals surface area contributed by atoms with Gasteiger partial charge in [0.1, 0.15) is 5.75 Å². The SMILES string of the molecule is NC(N)=NN=Cc1cc(C(F)(F)F)cc(Br)c1O. The number of guanidine groups is 1. The third-order valence-electron chi connectivity index (χ3n) is 1.79. The molecule has 0 aliphatic rings. The third kappa shape index (κ3) is 3.62. The molecule has 0 heterocycles. The Morgan fingerprint density at radius 1 is 1.33 bits per heavy atom.